The van der Waals surface area contributed by atoms with Crippen molar-refractivity contribution in [1.82, 2.24) is 15.2 Å². The van der Waals surface area contributed by atoms with Crippen LogP contribution in [0.5, 0.6) is 5.75 Å². The number of aromatic hydroxyl groups is 1. The number of carbonyl (C=O) groups is 3. The summed E-state index contributed by atoms with van der Waals surface area (Å²) in [6.07, 6.45) is 4.02. The van der Waals surface area contributed by atoms with Crippen molar-refractivity contribution in [2.24, 2.45) is 0 Å². The van der Waals surface area contributed by atoms with Crippen molar-refractivity contribution < 1.29 is 24.6 Å². The van der Waals surface area contributed by atoms with Crippen LogP contribution in [0.25, 0.3) is 10.9 Å². The van der Waals surface area contributed by atoms with E-state index in [2.05, 4.69) is 34.5 Å². The fourth-order valence-electron chi connectivity index (χ4n) is 3.90. The number of nitrogens with zero attached hydrogens (tertiary/aromatic N) is 1. The molecule has 3 aromatic rings. The molecule has 1 saturated heterocycles. The topological polar surface area (TPSA) is 135 Å². The third-order valence-corrected chi connectivity index (χ3v) is 5.94. The van der Waals surface area contributed by atoms with Crippen LogP contribution in [-0.2, 0) is 11.2 Å². The van der Waals surface area contributed by atoms with Crippen molar-refractivity contribution in [1.29, 1.82) is 0 Å². The molecule has 4 rings (SSSR count). The molecule has 0 spiro atoms. The zero-order chi connectivity index (χ0) is 26.5. The van der Waals surface area contributed by atoms with Crippen LogP contribution in [0.15, 0.2) is 42.5 Å². The number of aromatic nitrogens is 1. The monoisotopic (exact) mass is 496 g/mol. The first kappa shape index (κ1) is 28.5. The van der Waals surface area contributed by atoms with Crippen LogP contribution in [0.1, 0.15) is 46.2 Å². The first-order valence-electron chi connectivity index (χ1n) is 12.0. The van der Waals surface area contributed by atoms with Gasteiger partial charge in [0, 0.05) is 29.7 Å². The standard InChI is InChI=1S/C18H26N4O2.C7H6O.C2H4O2/c1-4-11-9-15-13(10-14(11)19-2)17(23)16(21-15)18(24)20-12-5-7-22(3)8-6-12;8-6-7-4-2-1-3-5-7;3-1-2-4/h9-10,12,19,21,23H,4-8H2,1-3H3,(H,20,24);1-6H;1,4H,2H2. The Labute approximate surface area is 211 Å². The summed E-state index contributed by atoms with van der Waals surface area (Å²) in [6, 6.07) is 13.2. The molecule has 9 nitrogen and oxygen atoms in total. The van der Waals surface area contributed by atoms with Gasteiger partial charge in [-0.1, -0.05) is 37.3 Å². The second-order valence-corrected chi connectivity index (χ2v) is 8.44. The molecule has 0 radical (unpaired) electrons. The van der Waals surface area contributed by atoms with Gasteiger partial charge in [-0.2, -0.15) is 0 Å². The summed E-state index contributed by atoms with van der Waals surface area (Å²) in [5, 5.41) is 24.9. The smallest absolute Gasteiger partial charge is 0.271 e. The lowest BCUT2D eigenvalue weighted by molar-refractivity contribution is -0.110. The molecule has 0 aliphatic carbocycles. The number of piperidine rings is 1. The van der Waals surface area contributed by atoms with Crippen molar-refractivity contribution in [3.63, 3.8) is 0 Å². The van der Waals surface area contributed by atoms with Crippen LogP contribution < -0.4 is 10.6 Å². The number of H-pyrrole nitrogens is 1. The molecular formula is C27H36N4O5. The molecule has 1 fully saturated rings. The van der Waals surface area contributed by atoms with Crippen LogP contribution in [0.2, 0.25) is 0 Å². The van der Waals surface area contributed by atoms with Gasteiger partial charge in [-0.15, -0.1) is 0 Å². The largest absolute Gasteiger partial charge is 0.505 e. The number of hydrogen-bond donors (Lipinski definition) is 5. The molecular weight excluding hydrogens is 460 g/mol. The SMILES string of the molecule is CCc1cc2[nH]c(C(=O)NC3CCN(C)CC3)c(O)c2cc1NC.O=CCO.O=Cc1ccccc1. The number of likely N-dealkylation sites (tertiary alicyclic amines) is 1. The fraction of sp³-hybridized carbons (Fsp3) is 0.370. The lowest BCUT2D eigenvalue weighted by Crippen LogP contribution is -2.43. The van der Waals surface area contributed by atoms with Gasteiger partial charge in [-0.3, -0.25) is 9.59 Å². The Kier molecular flexibility index (Phi) is 11.6. The highest BCUT2D eigenvalue weighted by Crippen LogP contribution is 2.33. The van der Waals surface area contributed by atoms with Gasteiger partial charge in [0.1, 0.15) is 18.3 Å². The van der Waals surface area contributed by atoms with E-state index in [9.17, 15) is 14.7 Å². The Morgan fingerprint density at radius 2 is 1.81 bits per heavy atom. The number of nitrogens with one attached hydrogen (secondary N) is 3. The summed E-state index contributed by atoms with van der Waals surface area (Å²) < 4.78 is 0. The number of rotatable bonds is 6. The van der Waals surface area contributed by atoms with Crippen molar-refractivity contribution in [2.45, 2.75) is 32.2 Å². The predicted molar refractivity (Wildman–Crippen MR) is 142 cm³/mol. The molecule has 194 valence electrons. The minimum Gasteiger partial charge on any atom is -0.505 e. The maximum Gasteiger partial charge on any atom is 0.271 e. The number of aliphatic hydroxyl groups excluding tert-OH is 1. The average molecular weight is 497 g/mol. The van der Waals surface area contributed by atoms with Crippen LogP contribution in [0.4, 0.5) is 5.69 Å². The lowest BCUT2D eigenvalue weighted by atomic mass is 10.1. The van der Waals surface area contributed by atoms with E-state index in [0.29, 0.717) is 11.7 Å². The number of anilines is 1. The van der Waals surface area contributed by atoms with E-state index in [-0.39, 0.29) is 30.0 Å². The number of aryl methyl sites for hydroxylation is 1. The predicted octanol–water partition coefficient (Wildman–Crippen LogP) is 2.98. The summed E-state index contributed by atoms with van der Waals surface area (Å²) >= 11 is 0. The van der Waals surface area contributed by atoms with Crippen molar-refractivity contribution in [3.8, 4) is 5.75 Å². The van der Waals surface area contributed by atoms with Crippen LogP contribution in [0, 0.1) is 0 Å². The number of aldehydes is 2. The second-order valence-electron chi connectivity index (χ2n) is 8.44. The maximum absolute atomic E-state index is 12.6. The molecule has 2 aromatic carbocycles. The van der Waals surface area contributed by atoms with E-state index in [1.54, 1.807) is 12.1 Å². The molecule has 1 aromatic heterocycles. The zero-order valence-electron chi connectivity index (χ0n) is 21.1. The van der Waals surface area contributed by atoms with E-state index < -0.39 is 0 Å². The summed E-state index contributed by atoms with van der Waals surface area (Å²) in [5.74, 6) is -0.211. The number of fused-ring (bicyclic) bond motifs is 1. The van der Waals surface area contributed by atoms with Gasteiger partial charge in [0.15, 0.2) is 5.75 Å². The van der Waals surface area contributed by atoms with E-state index in [4.69, 9.17) is 9.90 Å². The first-order chi connectivity index (χ1) is 17.4. The molecule has 1 amide bonds. The Morgan fingerprint density at radius 3 is 2.31 bits per heavy atom. The molecule has 0 atom stereocenters. The molecule has 5 N–H and O–H groups in total. The normalized spacial score (nSPS) is 13.6. The second kappa shape index (κ2) is 14.7. The summed E-state index contributed by atoms with van der Waals surface area (Å²) in [7, 11) is 3.95. The molecule has 0 saturated carbocycles. The van der Waals surface area contributed by atoms with Crippen LogP contribution >= 0.6 is 0 Å². The van der Waals surface area contributed by atoms with Gasteiger partial charge in [0.25, 0.3) is 5.91 Å². The summed E-state index contributed by atoms with van der Waals surface area (Å²) in [4.78, 5) is 36.8. The van der Waals surface area contributed by atoms with Crippen molar-refractivity contribution in [3.05, 3.63) is 59.3 Å². The average Bonchev–Trinajstić information content (AvgIpc) is 3.25. The van der Waals surface area contributed by atoms with E-state index >= 15 is 0 Å². The molecule has 0 bridgehead atoms. The Balaban J connectivity index is 0.000000314. The van der Waals surface area contributed by atoms with Gasteiger partial charge in [-0.25, -0.2) is 0 Å². The van der Waals surface area contributed by atoms with E-state index in [1.807, 2.05) is 37.4 Å². The molecule has 0 unspecified atom stereocenters. The molecule has 1 aliphatic heterocycles. The fourth-order valence-corrected chi connectivity index (χ4v) is 3.90. The Morgan fingerprint density at radius 1 is 1.17 bits per heavy atom. The minimum absolute atomic E-state index is 0.0228. The molecule has 9 heteroatoms. The van der Waals surface area contributed by atoms with Crippen molar-refractivity contribution >= 4 is 35.1 Å². The highest BCUT2D eigenvalue weighted by molar-refractivity contribution is 6.04. The van der Waals surface area contributed by atoms with Gasteiger partial charge < -0.3 is 35.5 Å². The Hall–Kier alpha value is -3.69. The number of aromatic amines is 1. The van der Waals surface area contributed by atoms with Crippen molar-refractivity contribution in [2.75, 3.05) is 39.1 Å². The van der Waals surface area contributed by atoms with E-state index in [0.717, 1.165) is 61.0 Å². The van der Waals surface area contributed by atoms with Crippen LogP contribution in [0.3, 0.4) is 0 Å². The Bertz CT molecular complexity index is 1120. The quantitative estimate of drug-likeness (QED) is 0.331. The number of amides is 1. The highest BCUT2D eigenvalue weighted by Gasteiger charge is 2.23. The lowest BCUT2D eigenvalue weighted by Gasteiger charge is -2.29. The number of carbonyl (C=O) groups excluding carboxylic acids is 3. The van der Waals surface area contributed by atoms with Gasteiger partial charge in [0.05, 0.1) is 12.1 Å². The number of hydrogen-bond acceptors (Lipinski definition) is 7. The molecule has 2 heterocycles. The van der Waals surface area contributed by atoms with Gasteiger partial charge in [-0.05, 0) is 57.1 Å². The third kappa shape index (κ3) is 7.93. The summed E-state index contributed by atoms with van der Waals surface area (Å²) in [5.41, 5.74) is 3.89. The van der Waals surface area contributed by atoms with E-state index in [1.165, 1.54) is 0 Å². The third-order valence-electron chi connectivity index (χ3n) is 5.94. The van der Waals surface area contributed by atoms with Crippen LogP contribution in [-0.4, -0.2) is 78.4 Å². The minimum atomic E-state index is -0.361. The zero-order valence-corrected chi connectivity index (χ0v) is 21.1. The maximum atomic E-state index is 12.6. The molecule has 1 aliphatic rings. The molecule has 36 heavy (non-hydrogen) atoms. The number of aliphatic hydroxyl groups is 1. The van der Waals surface area contributed by atoms with Gasteiger partial charge in [0.2, 0.25) is 0 Å². The van der Waals surface area contributed by atoms with Gasteiger partial charge >= 0.3 is 0 Å². The first-order valence-corrected chi connectivity index (χ1v) is 12.0. The number of benzene rings is 2. The summed E-state index contributed by atoms with van der Waals surface area (Å²) in [6.45, 7) is 3.68. The highest BCUT2D eigenvalue weighted by atomic mass is 16.3.